The monoisotopic (exact) mass is 194 g/mol. The summed E-state index contributed by atoms with van der Waals surface area (Å²) in [6.07, 6.45) is 0.586. The summed E-state index contributed by atoms with van der Waals surface area (Å²) in [6.45, 7) is 2.17. The molecule has 0 spiro atoms. The number of amides is 1. The fraction of sp³-hybridized carbons (Fsp3) is 0.222. The Labute approximate surface area is 81.1 Å². The minimum absolute atomic E-state index is 0.0542. The molecular weight excluding hydrogens is 184 g/mol. The van der Waals surface area contributed by atoms with Gasteiger partial charge in [0.05, 0.1) is 4.92 Å². The molecule has 1 aromatic rings. The largest absolute Gasteiger partial charge is 0.309 e. The number of hydrogen-bond acceptors (Lipinski definition) is 3. The second-order valence-corrected chi connectivity index (χ2v) is 2.64. The Morgan fingerprint density at radius 3 is 2.64 bits per heavy atom. The van der Waals surface area contributed by atoms with Crippen LogP contribution in [-0.4, -0.2) is 17.9 Å². The van der Waals surface area contributed by atoms with Gasteiger partial charge in [-0.25, -0.2) is 0 Å². The van der Waals surface area contributed by atoms with Crippen LogP contribution in [0.25, 0.3) is 0 Å². The summed E-state index contributed by atoms with van der Waals surface area (Å²) in [5.74, 6) is 0. The molecule has 0 atom stereocenters. The van der Waals surface area contributed by atoms with Gasteiger partial charge in [-0.3, -0.25) is 14.9 Å². The highest BCUT2D eigenvalue weighted by atomic mass is 16.6. The van der Waals surface area contributed by atoms with Crippen LogP contribution in [0.1, 0.15) is 6.92 Å². The zero-order valence-electron chi connectivity index (χ0n) is 7.71. The summed E-state index contributed by atoms with van der Waals surface area (Å²) in [5, 5.41) is 10.6. The summed E-state index contributed by atoms with van der Waals surface area (Å²) in [5.41, 5.74) is 0.274. The lowest BCUT2D eigenvalue weighted by Gasteiger charge is -2.14. The van der Waals surface area contributed by atoms with E-state index in [0.29, 0.717) is 18.6 Å². The van der Waals surface area contributed by atoms with E-state index in [1.54, 1.807) is 25.1 Å². The number of carbonyl (C=O) groups excluding carboxylic acids is 1. The van der Waals surface area contributed by atoms with Crippen LogP contribution in [-0.2, 0) is 4.79 Å². The van der Waals surface area contributed by atoms with Crippen LogP contribution < -0.4 is 4.90 Å². The molecule has 14 heavy (non-hydrogen) atoms. The predicted octanol–water partition coefficient (Wildman–Crippen LogP) is 1.58. The Morgan fingerprint density at radius 2 is 2.14 bits per heavy atom. The molecule has 0 heterocycles. The average molecular weight is 194 g/mol. The molecule has 0 saturated carbocycles. The molecule has 0 aliphatic carbocycles. The van der Waals surface area contributed by atoms with Crippen molar-refractivity contribution in [2.45, 2.75) is 6.92 Å². The van der Waals surface area contributed by atoms with Crippen molar-refractivity contribution in [3.63, 3.8) is 0 Å². The van der Waals surface area contributed by atoms with E-state index < -0.39 is 4.92 Å². The summed E-state index contributed by atoms with van der Waals surface area (Å²) >= 11 is 0. The number of anilines is 1. The van der Waals surface area contributed by atoms with Crippen LogP contribution in [0.5, 0.6) is 0 Å². The molecule has 0 unspecified atom stereocenters. The van der Waals surface area contributed by atoms with Gasteiger partial charge in [0.1, 0.15) is 5.69 Å². The third kappa shape index (κ3) is 1.87. The Kier molecular flexibility index (Phi) is 3.17. The minimum atomic E-state index is -0.499. The number of rotatable bonds is 4. The zero-order valence-corrected chi connectivity index (χ0v) is 7.71. The molecule has 0 bridgehead atoms. The second kappa shape index (κ2) is 4.36. The van der Waals surface area contributed by atoms with Crippen molar-refractivity contribution in [1.29, 1.82) is 0 Å². The molecule has 1 rings (SSSR count). The van der Waals surface area contributed by atoms with E-state index in [1.807, 2.05) is 0 Å². The maximum Gasteiger partial charge on any atom is 0.292 e. The SMILES string of the molecule is CCN(C=O)c1ccccc1[N+](=O)[O-]. The molecule has 0 aromatic heterocycles. The molecule has 74 valence electrons. The molecule has 0 N–H and O–H groups in total. The number of nitro benzene ring substituents is 1. The molecule has 0 aliphatic heterocycles. The number of hydrogen-bond donors (Lipinski definition) is 0. The fourth-order valence-electron chi connectivity index (χ4n) is 1.16. The Bertz CT molecular complexity index is 352. The van der Waals surface area contributed by atoms with Crippen LogP contribution in [0.15, 0.2) is 24.3 Å². The van der Waals surface area contributed by atoms with E-state index in [2.05, 4.69) is 0 Å². The van der Waals surface area contributed by atoms with Gasteiger partial charge in [-0.05, 0) is 13.0 Å². The molecule has 0 saturated heterocycles. The molecule has 5 heteroatoms. The van der Waals surface area contributed by atoms with Crippen LogP contribution in [0.2, 0.25) is 0 Å². The number of benzene rings is 1. The standard InChI is InChI=1S/C9H10N2O3/c1-2-10(7-12)8-5-3-4-6-9(8)11(13)14/h3-7H,2H2,1H3. The predicted molar refractivity (Wildman–Crippen MR) is 52.2 cm³/mol. The van der Waals surface area contributed by atoms with Crippen molar-refractivity contribution < 1.29 is 9.72 Å². The molecule has 0 fully saturated rings. The van der Waals surface area contributed by atoms with Gasteiger partial charge in [-0.1, -0.05) is 12.1 Å². The highest BCUT2D eigenvalue weighted by Crippen LogP contribution is 2.26. The van der Waals surface area contributed by atoms with E-state index in [1.165, 1.54) is 11.0 Å². The summed E-state index contributed by atoms with van der Waals surface area (Å²) in [4.78, 5) is 22.0. The molecule has 0 radical (unpaired) electrons. The van der Waals surface area contributed by atoms with Crippen molar-refractivity contribution in [2.75, 3.05) is 11.4 Å². The normalized spacial score (nSPS) is 9.50. The number of nitrogens with zero attached hydrogens (tertiary/aromatic N) is 2. The van der Waals surface area contributed by atoms with Crippen molar-refractivity contribution in [1.82, 2.24) is 0 Å². The summed E-state index contributed by atoms with van der Waals surface area (Å²) < 4.78 is 0. The first kappa shape index (κ1) is 10.2. The van der Waals surface area contributed by atoms with E-state index in [4.69, 9.17) is 0 Å². The van der Waals surface area contributed by atoms with Crippen LogP contribution in [0.4, 0.5) is 11.4 Å². The molecule has 5 nitrogen and oxygen atoms in total. The minimum Gasteiger partial charge on any atom is -0.309 e. The van der Waals surface area contributed by atoms with Crippen molar-refractivity contribution in [3.05, 3.63) is 34.4 Å². The lowest BCUT2D eigenvalue weighted by atomic mass is 10.2. The van der Waals surface area contributed by atoms with Crippen LogP contribution in [0, 0.1) is 10.1 Å². The Hall–Kier alpha value is -1.91. The maximum absolute atomic E-state index is 10.6. The van der Waals surface area contributed by atoms with Gasteiger partial charge < -0.3 is 4.90 Å². The highest BCUT2D eigenvalue weighted by Gasteiger charge is 2.16. The summed E-state index contributed by atoms with van der Waals surface area (Å²) in [6, 6.07) is 6.16. The first-order valence-corrected chi connectivity index (χ1v) is 4.16. The maximum atomic E-state index is 10.6. The summed E-state index contributed by atoms with van der Waals surface area (Å²) in [7, 11) is 0. The molecular formula is C9H10N2O3. The van der Waals surface area contributed by atoms with E-state index in [9.17, 15) is 14.9 Å². The van der Waals surface area contributed by atoms with Crippen molar-refractivity contribution in [2.24, 2.45) is 0 Å². The Morgan fingerprint density at radius 1 is 1.50 bits per heavy atom. The van der Waals surface area contributed by atoms with E-state index >= 15 is 0 Å². The third-order valence-corrected chi connectivity index (χ3v) is 1.86. The lowest BCUT2D eigenvalue weighted by Crippen LogP contribution is -2.20. The quantitative estimate of drug-likeness (QED) is 0.415. The van der Waals surface area contributed by atoms with Gasteiger partial charge in [-0.2, -0.15) is 0 Å². The van der Waals surface area contributed by atoms with Gasteiger partial charge in [0, 0.05) is 12.6 Å². The highest BCUT2D eigenvalue weighted by molar-refractivity contribution is 5.80. The van der Waals surface area contributed by atoms with E-state index in [0.717, 1.165) is 0 Å². The van der Waals surface area contributed by atoms with Crippen LogP contribution in [0.3, 0.4) is 0 Å². The molecule has 1 aromatic carbocycles. The third-order valence-electron chi connectivity index (χ3n) is 1.86. The smallest absolute Gasteiger partial charge is 0.292 e. The van der Waals surface area contributed by atoms with Gasteiger partial charge in [-0.15, -0.1) is 0 Å². The van der Waals surface area contributed by atoms with E-state index in [-0.39, 0.29) is 5.69 Å². The van der Waals surface area contributed by atoms with Gasteiger partial charge in [0.25, 0.3) is 5.69 Å². The zero-order chi connectivity index (χ0) is 10.6. The second-order valence-electron chi connectivity index (χ2n) is 2.64. The average Bonchev–Trinajstić information content (AvgIpc) is 2.20. The number of carbonyl (C=O) groups is 1. The Balaban J connectivity index is 3.18. The van der Waals surface area contributed by atoms with Gasteiger partial charge in [0.15, 0.2) is 0 Å². The first-order valence-electron chi connectivity index (χ1n) is 4.16. The topological polar surface area (TPSA) is 63.5 Å². The lowest BCUT2D eigenvalue weighted by molar-refractivity contribution is -0.384. The first-order chi connectivity index (χ1) is 6.70. The van der Waals surface area contributed by atoms with Gasteiger partial charge in [0.2, 0.25) is 6.41 Å². The van der Waals surface area contributed by atoms with Crippen LogP contribution >= 0.6 is 0 Å². The van der Waals surface area contributed by atoms with Crippen molar-refractivity contribution in [3.8, 4) is 0 Å². The number of para-hydroxylation sites is 2. The molecule has 0 aliphatic rings. The van der Waals surface area contributed by atoms with Gasteiger partial charge >= 0.3 is 0 Å². The fourth-order valence-corrected chi connectivity index (χ4v) is 1.16. The number of nitro groups is 1. The van der Waals surface area contributed by atoms with Crippen molar-refractivity contribution >= 4 is 17.8 Å². The molecule has 1 amide bonds.